The number of nitrogens with one attached hydrogen (secondary N) is 5. The van der Waals surface area contributed by atoms with E-state index in [0.717, 1.165) is 24.2 Å². The molecule has 0 radical (unpaired) electrons. The third kappa shape index (κ3) is 26.0. The number of amides is 6. The van der Waals surface area contributed by atoms with E-state index in [9.17, 15) is 68.4 Å². The van der Waals surface area contributed by atoms with Gasteiger partial charge in [0, 0.05) is 25.8 Å². The molecule has 21 heteroatoms. The molecule has 0 aromatic heterocycles. The number of carboxylic acid groups (broad SMARTS) is 4. The van der Waals surface area contributed by atoms with Gasteiger partial charge in [-0.2, -0.15) is 0 Å². The number of aliphatic carboxylic acids is 4. The maximum absolute atomic E-state index is 13.7. The van der Waals surface area contributed by atoms with Crippen LogP contribution >= 0.6 is 0 Å². The minimum absolute atomic E-state index is 0.0221. The fourth-order valence-electron chi connectivity index (χ4n) is 7.02. The van der Waals surface area contributed by atoms with Crippen LogP contribution in [0.1, 0.15) is 142 Å². The van der Waals surface area contributed by atoms with E-state index in [1.165, 1.54) is 26.2 Å². The van der Waals surface area contributed by atoms with Crippen molar-refractivity contribution in [1.29, 1.82) is 0 Å². The second kappa shape index (κ2) is 34.2. The van der Waals surface area contributed by atoms with Crippen molar-refractivity contribution in [3.63, 3.8) is 0 Å². The van der Waals surface area contributed by atoms with Crippen molar-refractivity contribution in [1.82, 2.24) is 31.5 Å². The number of likely N-dealkylation sites (tertiary alicyclic amines) is 1. The van der Waals surface area contributed by atoms with E-state index in [1.807, 2.05) is 12.2 Å². The van der Waals surface area contributed by atoms with E-state index in [-0.39, 0.29) is 45.2 Å². The molecule has 0 bridgehead atoms. The summed E-state index contributed by atoms with van der Waals surface area (Å²) in [5, 5.41) is 49.7. The summed E-state index contributed by atoms with van der Waals surface area (Å²) in [6.45, 7) is 3.64. The van der Waals surface area contributed by atoms with Crippen molar-refractivity contribution in [2.45, 2.75) is 179 Å². The number of nitrogens with two attached hydrogens (primary N) is 1. The lowest BCUT2D eigenvalue weighted by Crippen LogP contribution is -2.59. The molecule has 1 saturated heterocycles. The molecule has 0 aromatic carbocycles. The van der Waals surface area contributed by atoms with Crippen LogP contribution in [0.5, 0.6) is 0 Å². The van der Waals surface area contributed by atoms with Gasteiger partial charge in [-0.05, 0) is 103 Å². The number of nitrogens with zero attached hydrogens (tertiary/aromatic N) is 1. The Morgan fingerprint density at radius 2 is 1.09 bits per heavy atom. The highest BCUT2D eigenvalue weighted by molar-refractivity contribution is 5.97. The minimum atomic E-state index is -1.67. The molecular weight excluding hydrogens is 875 g/mol. The first kappa shape index (κ1) is 58.9. The zero-order chi connectivity index (χ0) is 50.1. The maximum Gasteiger partial charge on any atom is 0.326 e. The first-order chi connectivity index (χ1) is 31.9. The van der Waals surface area contributed by atoms with Gasteiger partial charge in [-0.15, -0.1) is 0 Å². The van der Waals surface area contributed by atoms with Crippen molar-refractivity contribution in [3.05, 3.63) is 36.5 Å². The molecule has 0 unspecified atom stereocenters. The molecule has 1 rings (SSSR count). The van der Waals surface area contributed by atoms with Crippen LogP contribution in [0.2, 0.25) is 0 Å². The normalized spacial score (nSPS) is 15.9. The molecular formula is C46H73N7O14. The molecule has 1 aliphatic rings. The summed E-state index contributed by atoms with van der Waals surface area (Å²) in [4.78, 5) is 127. The quantitative estimate of drug-likeness (QED) is 0.0319. The third-order valence-corrected chi connectivity index (χ3v) is 10.8. The Kier molecular flexibility index (Phi) is 30.1. The third-order valence-electron chi connectivity index (χ3n) is 10.8. The van der Waals surface area contributed by atoms with Crippen molar-refractivity contribution < 1.29 is 68.4 Å². The summed E-state index contributed by atoms with van der Waals surface area (Å²) >= 11 is 0. The Bertz CT molecular complexity index is 1740. The van der Waals surface area contributed by atoms with Gasteiger partial charge in [0.25, 0.3) is 0 Å². The van der Waals surface area contributed by atoms with Gasteiger partial charge in [0.1, 0.15) is 36.3 Å². The molecule has 0 saturated carbocycles. The molecule has 1 heterocycles. The highest BCUT2D eigenvalue weighted by Gasteiger charge is 2.39. The van der Waals surface area contributed by atoms with Gasteiger partial charge in [0.05, 0.1) is 6.42 Å². The van der Waals surface area contributed by atoms with Gasteiger partial charge in [-0.25, -0.2) is 4.79 Å². The van der Waals surface area contributed by atoms with Gasteiger partial charge in [-0.1, -0.05) is 56.2 Å². The van der Waals surface area contributed by atoms with Crippen LogP contribution in [0.3, 0.4) is 0 Å². The van der Waals surface area contributed by atoms with Crippen LogP contribution in [0.15, 0.2) is 36.5 Å². The Morgan fingerprint density at radius 3 is 1.61 bits per heavy atom. The number of rotatable bonds is 36. The topological polar surface area (TPSA) is 341 Å². The molecule has 0 aromatic rings. The van der Waals surface area contributed by atoms with E-state index >= 15 is 0 Å². The lowest BCUT2D eigenvalue weighted by atomic mass is 10.0. The number of unbranched alkanes of at least 4 members (excludes halogenated alkanes) is 6. The molecule has 1 fully saturated rings. The number of hydrogen-bond donors (Lipinski definition) is 10. The van der Waals surface area contributed by atoms with Gasteiger partial charge >= 0.3 is 23.9 Å². The Labute approximate surface area is 392 Å². The smallest absolute Gasteiger partial charge is 0.326 e. The molecule has 21 nitrogen and oxygen atoms in total. The lowest BCUT2D eigenvalue weighted by Gasteiger charge is -2.28. The fourth-order valence-corrected chi connectivity index (χ4v) is 7.02. The van der Waals surface area contributed by atoms with Crippen molar-refractivity contribution in [2.24, 2.45) is 5.73 Å². The van der Waals surface area contributed by atoms with Gasteiger partial charge in [-0.3, -0.25) is 43.2 Å². The minimum Gasteiger partial charge on any atom is -0.481 e. The van der Waals surface area contributed by atoms with E-state index in [2.05, 4.69) is 57.8 Å². The molecule has 6 amide bonds. The van der Waals surface area contributed by atoms with Crippen molar-refractivity contribution in [2.75, 3.05) is 13.1 Å². The van der Waals surface area contributed by atoms with Crippen LogP contribution < -0.4 is 32.3 Å². The van der Waals surface area contributed by atoms with Crippen molar-refractivity contribution >= 4 is 59.3 Å². The SMILES string of the molecule is CCCCC/C=C\C/C=C\C/C=C\CCCCC(=O)N[C@@H](CCC(=O)O)C(=O)N[C@@H](CCC(=O)O)C(=O)N[C@@H](CCCCN)C(=O)N[C@@H](C)C(=O)N[C@@H](CC(=O)O)C(=O)N1CCC[C@H]1C(=O)O. The van der Waals surface area contributed by atoms with Crippen molar-refractivity contribution in [3.8, 4) is 0 Å². The number of carboxylic acids is 4. The van der Waals surface area contributed by atoms with Crippen LogP contribution in [0.4, 0.5) is 0 Å². The lowest BCUT2D eigenvalue weighted by molar-refractivity contribution is -0.150. The van der Waals surface area contributed by atoms with Crippen LogP contribution in [-0.4, -0.2) is 134 Å². The highest BCUT2D eigenvalue weighted by atomic mass is 16.4. The molecule has 376 valence electrons. The summed E-state index contributed by atoms with van der Waals surface area (Å²) < 4.78 is 0. The number of hydrogen-bond acceptors (Lipinski definition) is 11. The predicted octanol–water partition coefficient (Wildman–Crippen LogP) is 2.43. The zero-order valence-electron chi connectivity index (χ0n) is 38.9. The summed E-state index contributed by atoms with van der Waals surface area (Å²) in [5.41, 5.74) is 5.63. The standard InChI is InChI=1S/C46H73N7O14/c1-3-4-5-6-7-8-9-10-11-12-13-14-15-16-17-23-37(54)49-33(24-26-38(55)56)43(63)51-34(25-27-39(57)58)44(64)50-32(21-18-19-28-47)42(62)48-31(2)41(61)52-35(30-40(59)60)45(65)53-29-20-22-36(53)46(66)67/h7-8,10-11,13-14,31-36H,3-6,9,12,15-30,47H2,1-2H3,(H,48,62)(H,49,54)(H,50,64)(H,51,63)(H,52,61)(H,55,56)(H,57,58)(H,59,60)(H,66,67)/b8-7-,11-10-,14-13-/t31-,32-,33-,34-,35-,36-/m0/s1. The largest absolute Gasteiger partial charge is 0.481 e. The number of allylic oxidation sites excluding steroid dienone is 6. The summed E-state index contributed by atoms with van der Waals surface area (Å²) in [6, 6.07) is -8.70. The first-order valence-corrected chi connectivity index (χ1v) is 23.3. The fraction of sp³-hybridized carbons (Fsp3) is 0.652. The average Bonchev–Trinajstić information content (AvgIpc) is 3.77. The van der Waals surface area contributed by atoms with Crippen LogP contribution in [-0.2, 0) is 47.9 Å². The van der Waals surface area contributed by atoms with Crippen LogP contribution in [0.25, 0.3) is 0 Å². The van der Waals surface area contributed by atoms with E-state index in [1.54, 1.807) is 0 Å². The second-order valence-corrected chi connectivity index (χ2v) is 16.4. The van der Waals surface area contributed by atoms with Gasteiger partial charge in [0.15, 0.2) is 0 Å². The monoisotopic (exact) mass is 948 g/mol. The Morgan fingerprint density at radius 1 is 0.582 bits per heavy atom. The molecule has 6 atom stereocenters. The zero-order valence-corrected chi connectivity index (χ0v) is 38.9. The average molecular weight is 948 g/mol. The molecule has 0 aliphatic carbocycles. The molecule has 67 heavy (non-hydrogen) atoms. The van der Waals surface area contributed by atoms with Gasteiger partial charge < -0.3 is 57.6 Å². The maximum atomic E-state index is 13.7. The highest BCUT2D eigenvalue weighted by Crippen LogP contribution is 2.19. The van der Waals surface area contributed by atoms with E-state index in [4.69, 9.17) is 5.73 Å². The number of carbonyl (C=O) groups is 10. The Hall–Kier alpha value is -6.12. The summed E-state index contributed by atoms with van der Waals surface area (Å²) in [5.74, 6) is -10.7. The molecule has 1 aliphatic heterocycles. The van der Waals surface area contributed by atoms with Gasteiger partial charge in [0.2, 0.25) is 35.4 Å². The molecule has 11 N–H and O–H groups in total. The summed E-state index contributed by atoms with van der Waals surface area (Å²) in [7, 11) is 0. The second-order valence-electron chi connectivity index (χ2n) is 16.4. The Balaban J connectivity index is 3.00. The predicted molar refractivity (Wildman–Crippen MR) is 246 cm³/mol. The van der Waals surface area contributed by atoms with E-state index < -0.39 is 121 Å². The first-order valence-electron chi connectivity index (χ1n) is 23.3. The summed E-state index contributed by atoms with van der Waals surface area (Å²) in [6.07, 6.45) is 19.1. The van der Waals surface area contributed by atoms with Crippen LogP contribution in [0, 0.1) is 0 Å². The van der Waals surface area contributed by atoms with E-state index in [0.29, 0.717) is 32.1 Å². The molecule has 0 spiro atoms. The number of carbonyl (C=O) groups excluding carboxylic acids is 6.